The fourth-order valence-corrected chi connectivity index (χ4v) is 9.68. The van der Waals surface area contributed by atoms with Crippen LogP contribution in [-0.2, 0) is 14.4 Å². The van der Waals surface area contributed by atoms with E-state index in [9.17, 15) is 29.4 Å². The van der Waals surface area contributed by atoms with Crippen LogP contribution in [0, 0.1) is 29.6 Å². The van der Waals surface area contributed by atoms with Gasteiger partial charge in [0.25, 0.3) is 0 Å². The number of nitrogens with zero attached hydrogens (tertiary/aromatic N) is 1. The molecule has 1 aromatic heterocycles. The van der Waals surface area contributed by atoms with Gasteiger partial charge in [-0.05, 0) is 48.8 Å². The molecule has 11 heteroatoms. The van der Waals surface area contributed by atoms with Crippen LogP contribution in [0.2, 0.25) is 0 Å². The minimum absolute atomic E-state index is 0.00643. The number of hydrogen-bond donors (Lipinski definition) is 2. The van der Waals surface area contributed by atoms with Gasteiger partial charge in [-0.3, -0.25) is 19.3 Å². The Morgan fingerprint density at radius 3 is 2.62 bits per heavy atom. The van der Waals surface area contributed by atoms with Crippen molar-refractivity contribution in [2.24, 2.45) is 29.6 Å². The molecular weight excluding hydrogens is 480 g/mol. The first-order valence-electron chi connectivity index (χ1n) is 11.1. The van der Waals surface area contributed by atoms with Crippen molar-refractivity contribution in [1.29, 1.82) is 0 Å². The van der Waals surface area contributed by atoms with Gasteiger partial charge in [0.2, 0.25) is 11.8 Å². The third-order valence-corrected chi connectivity index (χ3v) is 10.6. The van der Waals surface area contributed by atoms with Crippen molar-refractivity contribution in [3.63, 3.8) is 0 Å². The number of aromatic hydroxyl groups is 1. The number of aromatic amines is 1. The summed E-state index contributed by atoms with van der Waals surface area (Å²) in [6, 6.07) is 3.81. The first-order chi connectivity index (χ1) is 16.2. The Hall–Kier alpha value is -2.79. The number of H-pyrrole nitrogens is 1. The number of rotatable bonds is 4. The third kappa shape index (κ3) is 2.73. The number of phenols is 1. The fourth-order valence-electron chi connectivity index (χ4n) is 6.79. The van der Waals surface area contributed by atoms with Gasteiger partial charge in [-0.25, -0.2) is 0 Å². The molecule has 1 aromatic carbocycles. The highest BCUT2D eigenvalue weighted by Crippen LogP contribution is 2.68. The van der Waals surface area contributed by atoms with Crippen LogP contribution in [0.15, 0.2) is 28.0 Å². The highest BCUT2D eigenvalue weighted by atomic mass is 32.2. The molecule has 2 aromatic rings. The molecule has 9 nitrogen and oxygen atoms in total. The number of imide groups is 1. The summed E-state index contributed by atoms with van der Waals surface area (Å²) in [5.74, 6) is -3.57. The highest BCUT2D eigenvalue weighted by molar-refractivity contribution is 8.00. The average molecular weight is 502 g/mol. The van der Waals surface area contributed by atoms with Crippen molar-refractivity contribution >= 4 is 40.9 Å². The monoisotopic (exact) mass is 501 g/mol. The number of fused-ring (bicyclic) bond motifs is 9. The van der Waals surface area contributed by atoms with Gasteiger partial charge in [0, 0.05) is 16.0 Å². The SMILES string of the molecule is COc1cc(C2c3sc(=O)[nH]c3SC3C4CC(C5C(=O)N(C(C)C(=O)[O-])C(=O)C45)C23)ccc1O. The third-order valence-electron chi connectivity index (χ3n) is 8.05. The lowest BCUT2D eigenvalue weighted by Crippen LogP contribution is -2.49. The van der Waals surface area contributed by atoms with Crippen LogP contribution in [0.3, 0.4) is 0 Å². The molecule has 6 rings (SSSR count). The molecule has 2 bridgehead atoms. The summed E-state index contributed by atoms with van der Waals surface area (Å²) < 4.78 is 5.32. The minimum atomic E-state index is -1.45. The molecule has 0 radical (unpaired) electrons. The van der Waals surface area contributed by atoms with Crippen molar-refractivity contribution in [3.8, 4) is 11.5 Å². The van der Waals surface area contributed by atoms with Crippen LogP contribution >= 0.6 is 23.1 Å². The van der Waals surface area contributed by atoms with Gasteiger partial charge in [0.15, 0.2) is 11.5 Å². The predicted molar refractivity (Wildman–Crippen MR) is 119 cm³/mol. The summed E-state index contributed by atoms with van der Waals surface area (Å²) in [4.78, 5) is 54.9. The van der Waals surface area contributed by atoms with Gasteiger partial charge in [0.1, 0.15) is 0 Å². The lowest BCUT2D eigenvalue weighted by atomic mass is 9.68. The van der Waals surface area contributed by atoms with E-state index in [-0.39, 0.29) is 39.5 Å². The smallest absolute Gasteiger partial charge is 0.305 e. The topological polar surface area (TPSA) is 140 Å². The second-order valence-corrected chi connectivity index (χ2v) is 11.6. The van der Waals surface area contributed by atoms with Gasteiger partial charge < -0.3 is 24.7 Å². The molecule has 8 unspecified atom stereocenters. The second-order valence-electron chi connectivity index (χ2n) is 9.43. The zero-order chi connectivity index (χ0) is 24.0. The number of carbonyl (C=O) groups is 3. The zero-order valence-electron chi connectivity index (χ0n) is 18.2. The van der Waals surface area contributed by atoms with E-state index in [1.165, 1.54) is 14.0 Å². The molecule has 2 amide bonds. The first-order valence-corrected chi connectivity index (χ1v) is 12.8. The maximum atomic E-state index is 13.3. The van der Waals surface area contributed by atoms with Gasteiger partial charge in [-0.2, -0.15) is 0 Å². The van der Waals surface area contributed by atoms with E-state index in [4.69, 9.17) is 4.74 Å². The number of thiazole rings is 1. The van der Waals surface area contributed by atoms with E-state index < -0.39 is 35.7 Å². The van der Waals surface area contributed by atoms with Crippen LogP contribution in [0.5, 0.6) is 11.5 Å². The summed E-state index contributed by atoms with van der Waals surface area (Å²) in [7, 11) is 1.47. The molecule has 34 heavy (non-hydrogen) atoms. The molecular formula is C23H21N2O7S2-. The number of likely N-dealkylation sites (tertiary alicyclic amines) is 1. The average Bonchev–Trinajstić information content (AvgIpc) is 3.52. The van der Waals surface area contributed by atoms with E-state index >= 15 is 0 Å². The van der Waals surface area contributed by atoms with Crippen molar-refractivity contribution < 1.29 is 29.3 Å². The Labute approximate surface area is 202 Å². The number of amides is 2. The van der Waals surface area contributed by atoms with E-state index in [1.807, 2.05) is 0 Å². The lowest BCUT2D eigenvalue weighted by molar-refractivity contribution is -0.310. The number of ether oxygens (including phenoxy) is 1. The molecule has 3 heterocycles. The number of thioether (sulfide) groups is 1. The molecule has 4 aliphatic rings. The van der Waals surface area contributed by atoms with Gasteiger partial charge >= 0.3 is 4.87 Å². The Balaban J connectivity index is 1.46. The number of hydrogen-bond acceptors (Lipinski definition) is 9. The number of carboxylic acid groups (broad SMARTS) is 1. The first kappa shape index (κ1) is 21.7. The molecule has 2 saturated carbocycles. The lowest BCUT2D eigenvalue weighted by Gasteiger charge is -2.43. The maximum absolute atomic E-state index is 13.3. The quantitative estimate of drug-likeness (QED) is 0.586. The van der Waals surface area contributed by atoms with E-state index in [2.05, 4.69) is 4.98 Å². The molecule has 2 aliphatic carbocycles. The summed E-state index contributed by atoms with van der Waals surface area (Å²) in [6.45, 7) is 1.31. The zero-order valence-corrected chi connectivity index (χ0v) is 19.9. The van der Waals surface area contributed by atoms with Crippen molar-refractivity contribution in [2.45, 2.75) is 35.6 Å². The molecule has 1 saturated heterocycles. The predicted octanol–water partition coefficient (Wildman–Crippen LogP) is 0.762. The van der Waals surface area contributed by atoms with Crippen molar-refractivity contribution in [1.82, 2.24) is 9.88 Å². The Kier molecular flexibility index (Phi) is 4.70. The van der Waals surface area contributed by atoms with Gasteiger partial charge in [-0.1, -0.05) is 17.4 Å². The van der Waals surface area contributed by atoms with Crippen LogP contribution in [0.1, 0.15) is 29.7 Å². The molecule has 178 valence electrons. The molecule has 3 fully saturated rings. The van der Waals surface area contributed by atoms with Crippen LogP contribution in [-0.4, -0.2) is 51.2 Å². The number of carboxylic acids is 1. The summed E-state index contributed by atoms with van der Waals surface area (Å²) >= 11 is 2.69. The number of nitrogens with one attached hydrogen (secondary N) is 1. The number of aromatic nitrogens is 1. The van der Waals surface area contributed by atoms with E-state index in [1.54, 1.807) is 30.0 Å². The number of methoxy groups -OCH3 is 1. The largest absolute Gasteiger partial charge is 0.548 e. The van der Waals surface area contributed by atoms with E-state index in [0.29, 0.717) is 12.2 Å². The Morgan fingerprint density at radius 2 is 1.94 bits per heavy atom. The van der Waals surface area contributed by atoms with Gasteiger partial charge in [-0.15, -0.1) is 11.8 Å². The van der Waals surface area contributed by atoms with Crippen LogP contribution in [0.4, 0.5) is 0 Å². The summed E-state index contributed by atoms with van der Waals surface area (Å²) in [6.07, 6.45) is 0.702. The number of benzene rings is 1. The fraction of sp³-hybridized carbons (Fsp3) is 0.478. The summed E-state index contributed by atoms with van der Waals surface area (Å²) in [5.41, 5.74) is 0.863. The number of carbonyl (C=O) groups excluding carboxylic acids is 3. The molecule has 2 N–H and O–H groups in total. The molecule has 2 aliphatic heterocycles. The standard InChI is InChI=1S/C23H22N2O7S2/c1-7(22(29)30)25-20(27)15-9-6-10(16(15)21(25)28)17-14(9)13(18-19(33-17)24-23(31)34-18)8-3-4-11(26)12(5-8)32-2/h3-5,7,9-10,13-17,26H,6H2,1-2H3,(H,24,31)(H,29,30)/p-1. The normalized spacial score (nSPS) is 34.1. The number of aliphatic carboxylic acids is 1. The van der Waals surface area contributed by atoms with Gasteiger partial charge in [0.05, 0.1) is 36.0 Å². The number of phenolic OH excluding ortho intramolecular Hbond substituents is 1. The maximum Gasteiger partial charge on any atom is 0.305 e. The van der Waals surface area contributed by atoms with Crippen LogP contribution < -0.4 is 14.7 Å². The van der Waals surface area contributed by atoms with E-state index in [0.717, 1.165) is 31.7 Å². The molecule has 0 spiro atoms. The van der Waals surface area contributed by atoms with Crippen LogP contribution in [0.25, 0.3) is 0 Å². The Bertz CT molecular complexity index is 1300. The molecule has 8 atom stereocenters. The summed E-state index contributed by atoms with van der Waals surface area (Å²) in [5, 5.41) is 22.3. The Morgan fingerprint density at radius 1 is 1.24 bits per heavy atom. The minimum Gasteiger partial charge on any atom is -0.548 e. The second kappa shape index (κ2) is 7.35. The van der Waals surface area contributed by atoms with Crippen molar-refractivity contribution in [3.05, 3.63) is 38.3 Å². The highest BCUT2D eigenvalue weighted by Gasteiger charge is 2.70. The van der Waals surface area contributed by atoms with Crippen molar-refractivity contribution in [2.75, 3.05) is 7.11 Å².